The lowest BCUT2D eigenvalue weighted by atomic mass is 10.0. The van der Waals surface area contributed by atoms with E-state index in [0.717, 1.165) is 0 Å². The molecule has 2 aliphatic heterocycles. The molecule has 0 aliphatic carbocycles. The van der Waals surface area contributed by atoms with E-state index >= 15 is 0 Å². The quantitative estimate of drug-likeness (QED) is 0.436. The fourth-order valence-electron chi connectivity index (χ4n) is 1.21. The van der Waals surface area contributed by atoms with Gasteiger partial charge in [-0.15, -0.1) is 0 Å². The molecule has 0 aromatic heterocycles. The zero-order valence-corrected chi connectivity index (χ0v) is 4.13. The summed E-state index contributed by atoms with van der Waals surface area (Å²) < 4.78 is 5.36. The Morgan fingerprint density at radius 1 is 1.29 bits per heavy atom. The van der Waals surface area contributed by atoms with Crippen molar-refractivity contribution in [2.45, 2.75) is 25.0 Å². The summed E-state index contributed by atoms with van der Waals surface area (Å²) in [6, 6.07) is 0. The molecule has 1 heteroatoms. The monoisotopic (exact) mass is 96.1 g/mol. The highest BCUT2D eigenvalue weighted by molar-refractivity contribution is 5.04. The van der Waals surface area contributed by atoms with Crippen LogP contribution in [0.1, 0.15) is 12.8 Å². The Kier molecular flexibility index (Phi) is 0.680. The van der Waals surface area contributed by atoms with Crippen molar-refractivity contribution >= 4 is 0 Å². The van der Waals surface area contributed by atoms with Gasteiger partial charge in [0.25, 0.3) is 0 Å². The lowest BCUT2D eigenvalue weighted by Crippen LogP contribution is -2.00. The normalized spacial score (nSPS) is 48.0. The Bertz CT molecular complexity index is 62.2. The minimum atomic E-state index is 0.421. The van der Waals surface area contributed by atoms with Crippen molar-refractivity contribution in [3.8, 4) is 0 Å². The zero-order chi connectivity index (χ0) is 4.69. The van der Waals surface area contributed by atoms with Gasteiger partial charge in [0.2, 0.25) is 0 Å². The van der Waals surface area contributed by atoms with E-state index in [1.165, 1.54) is 12.8 Å². The van der Waals surface area contributed by atoms with Crippen LogP contribution in [0.5, 0.6) is 0 Å². The van der Waals surface area contributed by atoms with E-state index in [0.29, 0.717) is 12.2 Å². The third kappa shape index (κ3) is 0.480. The maximum atomic E-state index is 5.36. The highest BCUT2D eigenvalue weighted by Crippen LogP contribution is 2.31. The van der Waals surface area contributed by atoms with Gasteiger partial charge in [-0.3, -0.25) is 0 Å². The molecule has 0 aromatic rings. The molecule has 0 aromatic carbocycles. The maximum absolute atomic E-state index is 5.36. The molecule has 0 atom stereocenters. The van der Waals surface area contributed by atoms with Gasteiger partial charge in [-0.25, -0.2) is 0 Å². The number of hydrogen-bond donors (Lipinski definition) is 0. The molecule has 2 rings (SSSR count). The van der Waals surface area contributed by atoms with Crippen LogP contribution in [0, 0.1) is 12.8 Å². The van der Waals surface area contributed by atoms with Crippen LogP contribution in [0.3, 0.4) is 0 Å². The Balaban J connectivity index is 2.12. The molecule has 0 unspecified atom stereocenters. The highest BCUT2D eigenvalue weighted by Gasteiger charge is 2.32. The van der Waals surface area contributed by atoms with Crippen molar-refractivity contribution in [2.75, 3.05) is 0 Å². The summed E-state index contributed by atoms with van der Waals surface area (Å²) in [5.74, 6) is 0. The van der Waals surface area contributed by atoms with Gasteiger partial charge in [-0.05, 0) is 25.7 Å². The molecule has 2 heterocycles. The van der Waals surface area contributed by atoms with Crippen LogP contribution in [0.15, 0.2) is 0 Å². The van der Waals surface area contributed by atoms with E-state index in [4.69, 9.17) is 4.74 Å². The van der Waals surface area contributed by atoms with Crippen LogP contribution in [0.2, 0.25) is 0 Å². The number of rotatable bonds is 0. The highest BCUT2D eigenvalue weighted by atomic mass is 16.5. The minimum Gasteiger partial charge on any atom is -0.374 e. The van der Waals surface area contributed by atoms with Gasteiger partial charge >= 0.3 is 0 Å². The predicted octanol–water partition coefficient (Wildman–Crippen LogP) is 0.956. The number of fused-ring (bicyclic) bond motifs is 2. The minimum absolute atomic E-state index is 0.421. The molecule has 2 bridgehead atoms. The van der Waals surface area contributed by atoms with Crippen molar-refractivity contribution in [3.63, 3.8) is 0 Å². The third-order valence-electron chi connectivity index (χ3n) is 1.61. The second-order valence-electron chi connectivity index (χ2n) is 2.17. The summed E-state index contributed by atoms with van der Waals surface area (Å²) in [6.07, 6.45) is 7.81. The molecule has 2 saturated heterocycles. The topological polar surface area (TPSA) is 9.23 Å². The molecule has 7 heavy (non-hydrogen) atoms. The van der Waals surface area contributed by atoms with Gasteiger partial charge in [0.1, 0.15) is 0 Å². The molecule has 1 nitrogen and oxygen atoms in total. The summed E-state index contributed by atoms with van der Waals surface area (Å²) >= 11 is 0. The zero-order valence-electron chi connectivity index (χ0n) is 4.13. The van der Waals surface area contributed by atoms with E-state index < -0.39 is 0 Å². The average Bonchev–Trinajstić information content (AvgIpc) is 2.22. The third-order valence-corrected chi connectivity index (χ3v) is 1.61. The van der Waals surface area contributed by atoms with Crippen molar-refractivity contribution in [2.24, 2.45) is 0 Å². The summed E-state index contributed by atoms with van der Waals surface area (Å²) in [6.45, 7) is 0. The fraction of sp³-hybridized carbons (Fsp3) is 0.667. The lowest BCUT2D eigenvalue weighted by molar-refractivity contribution is 0.116. The van der Waals surface area contributed by atoms with Crippen molar-refractivity contribution in [3.05, 3.63) is 12.8 Å². The second-order valence-corrected chi connectivity index (χ2v) is 2.17. The molecule has 0 spiro atoms. The standard InChI is InChI=1S/C6H8O/c1-2-6-4-3-5(1)7-6/h1,3,5-6H,2,4H2. The molecule has 2 radical (unpaired) electrons. The van der Waals surface area contributed by atoms with Gasteiger partial charge in [0.05, 0.1) is 12.2 Å². The first-order chi connectivity index (χ1) is 3.45. The summed E-state index contributed by atoms with van der Waals surface area (Å²) in [5.41, 5.74) is 0. The molecular formula is C6H8O. The fourth-order valence-corrected chi connectivity index (χ4v) is 1.21. The van der Waals surface area contributed by atoms with Crippen LogP contribution < -0.4 is 0 Å². The number of hydrogen-bond acceptors (Lipinski definition) is 1. The van der Waals surface area contributed by atoms with Crippen LogP contribution >= 0.6 is 0 Å². The number of ether oxygens (including phenoxy) is 1. The predicted molar refractivity (Wildman–Crippen MR) is 26.5 cm³/mol. The molecule has 2 aliphatic rings. The van der Waals surface area contributed by atoms with Crippen LogP contribution in [-0.4, -0.2) is 12.2 Å². The van der Waals surface area contributed by atoms with Gasteiger partial charge < -0.3 is 4.74 Å². The summed E-state index contributed by atoms with van der Waals surface area (Å²) in [4.78, 5) is 0. The van der Waals surface area contributed by atoms with E-state index in [-0.39, 0.29) is 0 Å². The largest absolute Gasteiger partial charge is 0.374 e. The average molecular weight is 96.1 g/mol. The van der Waals surface area contributed by atoms with Crippen molar-refractivity contribution in [1.29, 1.82) is 0 Å². The van der Waals surface area contributed by atoms with Crippen LogP contribution in [-0.2, 0) is 4.74 Å². The van der Waals surface area contributed by atoms with Gasteiger partial charge in [-0.2, -0.15) is 0 Å². The lowest BCUT2D eigenvalue weighted by Gasteiger charge is -1.99. The van der Waals surface area contributed by atoms with Crippen molar-refractivity contribution in [1.82, 2.24) is 0 Å². The first kappa shape index (κ1) is 3.90. The summed E-state index contributed by atoms with van der Waals surface area (Å²) in [7, 11) is 0. The van der Waals surface area contributed by atoms with E-state index in [9.17, 15) is 0 Å². The molecule has 38 valence electrons. The Morgan fingerprint density at radius 2 is 2.00 bits per heavy atom. The summed E-state index contributed by atoms with van der Waals surface area (Å²) in [5, 5.41) is 0. The molecule has 0 amide bonds. The Labute approximate surface area is 43.7 Å². The van der Waals surface area contributed by atoms with E-state index in [2.05, 4.69) is 12.8 Å². The smallest absolute Gasteiger partial charge is 0.0644 e. The molecule has 0 N–H and O–H groups in total. The van der Waals surface area contributed by atoms with Gasteiger partial charge in [0.15, 0.2) is 0 Å². The van der Waals surface area contributed by atoms with Gasteiger partial charge in [0, 0.05) is 0 Å². The molecule has 0 saturated carbocycles. The SMILES string of the molecule is [CH]1CC2C[CH]C1O2. The van der Waals surface area contributed by atoms with Crippen molar-refractivity contribution < 1.29 is 4.74 Å². The van der Waals surface area contributed by atoms with E-state index in [1.807, 2.05) is 0 Å². The second kappa shape index (κ2) is 1.22. The van der Waals surface area contributed by atoms with Crippen LogP contribution in [0.4, 0.5) is 0 Å². The first-order valence-electron chi connectivity index (χ1n) is 2.77. The van der Waals surface area contributed by atoms with Crippen LogP contribution in [0.25, 0.3) is 0 Å². The van der Waals surface area contributed by atoms with Gasteiger partial charge in [-0.1, -0.05) is 0 Å². The Morgan fingerprint density at radius 3 is 2.14 bits per heavy atom. The molecular weight excluding hydrogens is 88.1 g/mol. The Hall–Kier alpha value is -0.0400. The maximum Gasteiger partial charge on any atom is 0.0644 e. The first-order valence-corrected chi connectivity index (χ1v) is 2.77. The molecule has 2 fully saturated rings. The van der Waals surface area contributed by atoms with E-state index in [1.54, 1.807) is 0 Å².